The molecule has 1 rings (SSSR count). The average Bonchev–Trinajstić information content (AvgIpc) is 2.34. The Morgan fingerprint density at radius 3 is 1.70 bits per heavy atom. The van der Waals surface area contributed by atoms with Gasteiger partial charge in [0.2, 0.25) is 0 Å². The first kappa shape index (κ1) is 9.13. The van der Waals surface area contributed by atoms with Gasteiger partial charge in [0.25, 0.3) is 0 Å². The fourth-order valence-electron chi connectivity index (χ4n) is 0.495. The zero-order valence-electron chi connectivity index (χ0n) is 4.87. The van der Waals surface area contributed by atoms with Crippen LogP contribution in [0.15, 0.2) is 16.5 Å². The van der Waals surface area contributed by atoms with Crippen molar-refractivity contribution in [3.05, 3.63) is 23.7 Å². The Kier molecular flexibility index (Phi) is 3.67. The van der Waals surface area contributed by atoms with E-state index in [1.165, 1.54) is 12.1 Å². The van der Waals surface area contributed by atoms with E-state index in [0.717, 1.165) is 0 Å². The van der Waals surface area contributed by atoms with Gasteiger partial charge in [-0.25, -0.2) is 0 Å². The molecule has 0 aliphatic heterocycles. The van der Waals surface area contributed by atoms with E-state index in [0.29, 0.717) is 12.6 Å². The van der Waals surface area contributed by atoms with Crippen LogP contribution in [0.5, 0.6) is 0 Å². The fourth-order valence-corrected chi connectivity index (χ4v) is 0.495. The number of furan rings is 1. The van der Waals surface area contributed by atoms with Gasteiger partial charge in [-0.2, -0.15) is 0 Å². The van der Waals surface area contributed by atoms with Crippen molar-refractivity contribution < 1.29 is 30.8 Å². The van der Waals surface area contributed by atoms with Crippen LogP contribution in [0.4, 0.5) is 0 Å². The Morgan fingerprint density at radius 1 is 1.10 bits per heavy atom. The van der Waals surface area contributed by atoms with Gasteiger partial charge in [-0.05, 0) is 12.1 Å². The summed E-state index contributed by atoms with van der Waals surface area (Å²) in [6, 6.07) is 2.88. The third-order valence-corrected chi connectivity index (χ3v) is 0.880. The number of hydrogen-bond donors (Lipinski definition) is 0. The Balaban J connectivity index is 0.000000810. The van der Waals surface area contributed by atoms with Gasteiger partial charge in [0.05, 0.1) is 0 Å². The molecule has 1 heterocycles. The van der Waals surface area contributed by atoms with Crippen LogP contribution < -0.4 is 0 Å². The topological polar surface area (TPSA) is 47.3 Å². The summed E-state index contributed by atoms with van der Waals surface area (Å²) in [5.74, 6) is 0.356. The SMILES string of the molecule is O=Cc1ccc(C=O)o1.[Co]. The number of carbonyl (C=O) groups excluding carboxylic acids is 2. The second-order valence-corrected chi connectivity index (χ2v) is 1.48. The summed E-state index contributed by atoms with van der Waals surface area (Å²) in [7, 11) is 0. The van der Waals surface area contributed by atoms with Crippen molar-refractivity contribution in [3.8, 4) is 0 Å². The van der Waals surface area contributed by atoms with E-state index in [2.05, 4.69) is 4.42 Å². The molecule has 0 saturated carbocycles. The van der Waals surface area contributed by atoms with E-state index in [1.54, 1.807) is 0 Å². The third kappa shape index (κ3) is 1.82. The van der Waals surface area contributed by atoms with Crippen molar-refractivity contribution in [1.29, 1.82) is 0 Å². The Morgan fingerprint density at radius 2 is 1.50 bits per heavy atom. The minimum absolute atomic E-state index is 0. The summed E-state index contributed by atoms with van der Waals surface area (Å²) in [5, 5.41) is 0. The van der Waals surface area contributed by atoms with Gasteiger partial charge in [-0.15, -0.1) is 0 Å². The molecule has 0 aromatic carbocycles. The van der Waals surface area contributed by atoms with Crippen molar-refractivity contribution in [1.82, 2.24) is 0 Å². The maximum atomic E-state index is 9.93. The van der Waals surface area contributed by atoms with Crippen LogP contribution in [0.3, 0.4) is 0 Å². The van der Waals surface area contributed by atoms with E-state index in [1.807, 2.05) is 0 Å². The fraction of sp³-hybridized carbons (Fsp3) is 0. The summed E-state index contributed by atoms with van der Waals surface area (Å²) >= 11 is 0. The zero-order chi connectivity index (χ0) is 6.69. The minimum atomic E-state index is 0. The van der Waals surface area contributed by atoms with Crippen LogP contribution in [-0.2, 0) is 16.8 Å². The molecule has 0 N–H and O–H groups in total. The van der Waals surface area contributed by atoms with Gasteiger partial charge in [0.1, 0.15) is 0 Å². The molecular weight excluding hydrogens is 179 g/mol. The van der Waals surface area contributed by atoms with Gasteiger partial charge in [-0.3, -0.25) is 9.59 Å². The van der Waals surface area contributed by atoms with Crippen molar-refractivity contribution >= 4 is 12.6 Å². The van der Waals surface area contributed by atoms with Gasteiger partial charge in [0, 0.05) is 16.8 Å². The monoisotopic (exact) mass is 183 g/mol. The molecule has 55 valence electrons. The summed E-state index contributed by atoms with van der Waals surface area (Å²) in [6.45, 7) is 0. The first-order valence-electron chi connectivity index (χ1n) is 2.37. The van der Waals surface area contributed by atoms with Gasteiger partial charge in [-0.1, -0.05) is 0 Å². The molecule has 1 radical (unpaired) electrons. The molecular formula is C6H4CoO3. The second kappa shape index (κ2) is 4.02. The van der Waals surface area contributed by atoms with E-state index in [4.69, 9.17) is 0 Å². The average molecular weight is 183 g/mol. The second-order valence-electron chi connectivity index (χ2n) is 1.48. The molecule has 0 atom stereocenters. The van der Waals surface area contributed by atoms with Crippen molar-refractivity contribution in [2.45, 2.75) is 0 Å². The Bertz CT molecular complexity index is 206. The Hall–Kier alpha value is -0.874. The molecule has 1 aromatic heterocycles. The summed E-state index contributed by atoms with van der Waals surface area (Å²) in [4.78, 5) is 19.9. The van der Waals surface area contributed by atoms with E-state index >= 15 is 0 Å². The van der Waals surface area contributed by atoms with Gasteiger partial charge < -0.3 is 4.42 Å². The largest absolute Gasteiger partial charge is 0.450 e. The molecule has 0 unspecified atom stereocenters. The van der Waals surface area contributed by atoms with Crippen LogP contribution in [0.2, 0.25) is 0 Å². The van der Waals surface area contributed by atoms with Crippen LogP contribution in [0, 0.1) is 0 Å². The summed E-state index contributed by atoms with van der Waals surface area (Å²) in [5.41, 5.74) is 0. The van der Waals surface area contributed by atoms with Crippen molar-refractivity contribution in [2.75, 3.05) is 0 Å². The first-order chi connectivity index (χ1) is 4.36. The maximum absolute atomic E-state index is 9.93. The Labute approximate surface area is 67.6 Å². The predicted octanol–water partition coefficient (Wildman–Crippen LogP) is 0.902. The molecule has 0 aliphatic rings. The minimum Gasteiger partial charge on any atom is -0.450 e. The molecule has 3 nitrogen and oxygen atoms in total. The number of carbonyl (C=O) groups is 2. The van der Waals surface area contributed by atoms with Crippen LogP contribution >= 0.6 is 0 Å². The van der Waals surface area contributed by atoms with Crippen LogP contribution in [0.1, 0.15) is 21.1 Å². The van der Waals surface area contributed by atoms with E-state index < -0.39 is 0 Å². The standard InChI is InChI=1S/C6H4O3.Co/c7-3-5-1-2-6(4-8)9-5;/h1-4H;. The number of rotatable bonds is 2. The normalized spacial score (nSPS) is 8.00. The molecule has 0 fully saturated rings. The predicted molar refractivity (Wildman–Crippen MR) is 29.5 cm³/mol. The molecule has 0 saturated heterocycles. The molecule has 0 spiro atoms. The molecule has 0 bridgehead atoms. The molecule has 1 aromatic rings. The maximum Gasteiger partial charge on any atom is 0.185 e. The van der Waals surface area contributed by atoms with Gasteiger partial charge >= 0.3 is 0 Å². The number of aldehydes is 2. The van der Waals surface area contributed by atoms with Crippen LogP contribution in [0.25, 0.3) is 0 Å². The number of hydrogen-bond acceptors (Lipinski definition) is 3. The quantitative estimate of drug-likeness (QED) is 0.640. The zero-order valence-corrected chi connectivity index (χ0v) is 5.91. The van der Waals surface area contributed by atoms with Crippen molar-refractivity contribution in [3.63, 3.8) is 0 Å². The third-order valence-electron chi connectivity index (χ3n) is 0.880. The molecule has 10 heavy (non-hydrogen) atoms. The smallest absolute Gasteiger partial charge is 0.185 e. The van der Waals surface area contributed by atoms with E-state index in [9.17, 15) is 9.59 Å². The molecule has 0 aliphatic carbocycles. The van der Waals surface area contributed by atoms with Gasteiger partial charge in [0.15, 0.2) is 24.1 Å². The van der Waals surface area contributed by atoms with Crippen LogP contribution in [-0.4, -0.2) is 12.6 Å². The van der Waals surface area contributed by atoms with Crippen molar-refractivity contribution in [2.24, 2.45) is 0 Å². The summed E-state index contributed by atoms with van der Waals surface area (Å²) in [6.07, 6.45) is 1.10. The molecule has 0 amide bonds. The van der Waals surface area contributed by atoms with E-state index in [-0.39, 0.29) is 28.3 Å². The summed E-state index contributed by atoms with van der Waals surface area (Å²) < 4.78 is 4.65. The first-order valence-corrected chi connectivity index (χ1v) is 2.37. The molecule has 4 heteroatoms.